The summed E-state index contributed by atoms with van der Waals surface area (Å²) in [6, 6.07) is 0.515. The summed E-state index contributed by atoms with van der Waals surface area (Å²) in [7, 11) is 0. The number of halogens is 1. The molecule has 0 aromatic carbocycles. The highest BCUT2D eigenvalue weighted by Gasteiger charge is 2.20. The molecule has 1 rings (SSSR count). The van der Waals surface area contributed by atoms with Crippen molar-refractivity contribution >= 4 is 11.6 Å². The van der Waals surface area contributed by atoms with Crippen LogP contribution in [0.5, 0.6) is 0 Å². The van der Waals surface area contributed by atoms with E-state index in [9.17, 15) is 0 Å². The molecular formula is C15H28ClN3. The smallest absolute Gasteiger partial charge is 0.0847 e. The molecule has 3 nitrogen and oxygen atoms in total. The van der Waals surface area contributed by atoms with Gasteiger partial charge in [-0.3, -0.25) is 4.68 Å². The first-order chi connectivity index (χ1) is 9.04. The Hall–Kier alpha value is -0.540. The zero-order valence-electron chi connectivity index (χ0n) is 13.0. The van der Waals surface area contributed by atoms with Gasteiger partial charge < -0.3 is 5.32 Å². The van der Waals surface area contributed by atoms with Crippen molar-refractivity contribution in [2.24, 2.45) is 5.92 Å². The molecule has 2 atom stereocenters. The predicted molar refractivity (Wildman–Crippen MR) is 82.9 cm³/mol. The molecule has 0 spiro atoms. The SMILES string of the molecule is CCCNC(C)C(CC)Cc1c(Cl)c(C)nn1CC. The fourth-order valence-corrected chi connectivity index (χ4v) is 2.74. The topological polar surface area (TPSA) is 29.9 Å². The van der Waals surface area contributed by atoms with Crippen molar-refractivity contribution in [2.45, 2.75) is 66.5 Å². The summed E-state index contributed by atoms with van der Waals surface area (Å²) in [6.07, 6.45) is 3.33. The van der Waals surface area contributed by atoms with Crippen molar-refractivity contribution in [1.82, 2.24) is 15.1 Å². The van der Waals surface area contributed by atoms with Gasteiger partial charge in [0.1, 0.15) is 0 Å². The molecule has 1 aromatic rings. The van der Waals surface area contributed by atoms with Crippen LogP contribution in [-0.4, -0.2) is 22.4 Å². The second-order valence-corrected chi connectivity index (χ2v) is 5.66. The Bertz CT molecular complexity index is 387. The first kappa shape index (κ1) is 16.5. The van der Waals surface area contributed by atoms with Crippen LogP contribution >= 0.6 is 11.6 Å². The van der Waals surface area contributed by atoms with Crippen molar-refractivity contribution in [2.75, 3.05) is 6.54 Å². The quantitative estimate of drug-likeness (QED) is 0.787. The Morgan fingerprint density at radius 1 is 1.32 bits per heavy atom. The number of hydrogen-bond donors (Lipinski definition) is 1. The van der Waals surface area contributed by atoms with Crippen molar-refractivity contribution in [3.63, 3.8) is 0 Å². The summed E-state index contributed by atoms with van der Waals surface area (Å²) in [5.41, 5.74) is 2.14. The number of nitrogens with zero attached hydrogens (tertiary/aromatic N) is 2. The second kappa shape index (κ2) is 7.91. The van der Waals surface area contributed by atoms with E-state index in [1.807, 2.05) is 11.6 Å². The van der Waals surface area contributed by atoms with Crippen LogP contribution in [0.15, 0.2) is 0 Å². The summed E-state index contributed by atoms with van der Waals surface area (Å²) in [5.74, 6) is 0.602. The lowest BCUT2D eigenvalue weighted by molar-refractivity contribution is 0.354. The van der Waals surface area contributed by atoms with Crippen LogP contribution in [0.3, 0.4) is 0 Å². The normalized spacial score (nSPS) is 14.6. The molecule has 0 fully saturated rings. The number of nitrogens with one attached hydrogen (secondary N) is 1. The monoisotopic (exact) mass is 285 g/mol. The lowest BCUT2D eigenvalue weighted by atomic mass is 9.92. The van der Waals surface area contributed by atoms with Crippen LogP contribution in [0.25, 0.3) is 0 Å². The van der Waals surface area contributed by atoms with E-state index >= 15 is 0 Å². The van der Waals surface area contributed by atoms with Crippen molar-refractivity contribution in [3.8, 4) is 0 Å². The summed E-state index contributed by atoms with van der Waals surface area (Å²) in [4.78, 5) is 0. The minimum absolute atomic E-state index is 0.515. The van der Waals surface area contributed by atoms with Crippen LogP contribution in [0, 0.1) is 12.8 Å². The molecule has 0 aliphatic heterocycles. The molecule has 1 N–H and O–H groups in total. The van der Waals surface area contributed by atoms with Gasteiger partial charge in [0.2, 0.25) is 0 Å². The van der Waals surface area contributed by atoms with E-state index in [-0.39, 0.29) is 0 Å². The molecule has 0 bridgehead atoms. The molecule has 1 heterocycles. The molecule has 0 aliphatic carbocycles. The van der Waals surface area contributed by atoms with Gasteiger partial charge in [0, 0.05) is 12.6 Å². The molecule has 0 radical (unpaired) electrons. The highest BCUT2D eigenvalue weighted by atomic mass is 35.5. The third-order valence-electron chi connectivity index (χ3n) is 3.86. The minimum atomic E-state index is 0.515. The highest BCUT2D eigenvalue weighted by molar-refractivity contribution is 6.31. The summed E-state index contributed by atoms with van der Waals surface area (Å²) >= 11 is 6.40. The van der Waals surface area contributed by atoms with Gasteiger partial charge in [0.25, 0.3) is 0 Å². The Morgan fingerprint density at radius 3 is 2.53 bits per heavy atom. The second-order valence-electron chi connectivity index (χ2n) is 5.28. The van der Waals surface area contributed by atoms with E-state index in [4.69, 9.17) is 11.6 Å². The predicted octanol–water partition coefficient (Wildman–Crippen LogP) is 3.82. The molecule has 4 heteroatoms. The van der Waals surface area contributed by atoms with E-state index < -0.39 is 0 Å². The van der Waals surface area contributed by atoms with Gasteiger partial charge in [-0.15, -0.1) is 0 Å². The van der Waals surface area contributed by atoms with E-state index in [1.165, 1.54) is 12.1 Å². The van der Waals surface area contributed by atoms with Gasteiger partial charge in [0.05, 0.1) is 16.4 Å². The van der Waals surface area contributed by atoms with E-state index in [2.05, 4.69) is 38.1 Å². The van der Waals surface area contributed by atoms with Gasteiger partial charge in [0.15, 0.2) is 0 Å². The van der Waals surface area contributed by atoms with Crippen LogP contribution < -0.4 is 5.32 Å². The van der Waals surface area contributed by atoms with Crippen LogP contribution in [-0.2, 0) is 13.0 Å². The van der Waals surface area contributed by atoms with E-state index in [0.29, 0.717) is 12.0 Å². The third-order valence-corrected chi connectivity index (χ3v) is 4.35. The lowest BCUT2D eigenvalue weighted by Gasteiger charge is -2.24. The zero-order chi connectivity index (χ0) is 14.4. The van der Waals surface area contributed by atoms with Gasteiger partial charge >= 0.3 is 0 Å². The van der Waals surface area contributed by atoms with Crippen molar-refractivity contribution < 1.29 is 0 Å². The first-order valence-corrected chi connectivity index (χ1v) is 7.87. The molecule has 0 saturated heterocycles. The minimum Gasteiger partial charge on any atom is -0.314 e. The standard InChI is InChI=1S/C15H28ClN3/c1-6-9-17-11(4)13(7-2)10-14-15(16)12(5)18-19(14)8-3/h11,13,17H,6-10H2,1-5H3. The van der Waals surface area contributed by atoms with Crippen molar-refractivity contribution in [3.05, 3.63) is 16.4 Å². The number of hydrogen-bond acceptors (Lipinski definition) is 2. The Kier molecular flexibility index (Phi) is 6.87. The maximum Gasteiger partial charge on any atom is 0.0847 e. The zero-order valence-corrected chi connectivity index (χ0v) is 13.7. The first-order valence-electron chi connectivity index (χ1n) is 7.50. The van der Waals surface area contributed by atoms with Gasteiger partial charge in [-0.2, -0.15) is 5.10 Å². The molecule has 2 unspecified atom stereocenters. The largest absolute Gasteiger partial charge is 0.314 e. The van der Waals surface area contributed by atoms with Crippen LogP contribution in [0.4, 0.5) is 0 Å². The van der Waals surface area contributed by atoms with Gasteiger partial charge in [-0.05, 0) is 46.1 Å². The average molecular weight is 286 g/mol. The van der Waals surface area contributed by atoms with E-state index in [0.717, 1.165) is 36.6 Å². The number of aryl methyl sites for hydroxylation is 2. The van der Waals surface area contributed by atoms with Gasteiger partial charge in [-0.25, -0.2) is 0 Å². The molecule has 0 aliphatic rings. The summed E-state index contributed by atoms with van der Waals surface area (Å²) in [5, 5.41) is 8.95. The summed E-state index contributed by atoms with van der Waals surface area (Å²) in [6.45, 7) is 12.8. The summed E-state index contributed by atoms with van der Waals surface area (Å²) < 4.78 is 2.05. The average Bonchev–Trinajstić information content (AvgIpc) is 2.69. The molecule has 0 amide bonds. The fourth-order valence-electron chi connectivity index (χ4n) is 2.53. The third kappa shape index (κ3) is 4.22. The Balaban J connectivity index is 2.80. The highest BCUT2D eigenvalue weighted by Crippen LogP contribution is 2.25. The van der Waals surface area contributed by atoms with E-state index in [1.54, 1.807) is 0 Å². The molecule has 0 saturated carbocycles. The maximum absolute atomic E-state index is 6.40. The van der Waals surface area contributed by atoms with Gasteiger partial charge in [-0.1, -0.05) is 31.9 Å². The maximum atomic E-state index is 6.40. The number of rotatable bonds is 8. The lowest BCUT2D eigenvalue weighted by Crippen LogP contribution is -2.35. The molecular weight excluding hydrogens is 258 g/mol. The fraction of sp³-hybridized carbons (Fsp3) is 0.800. The molecule has 19 heavy (non-hydrogen) atoms. The Labute approximate surface area is 122 Å². The van der Waals surface area contributed by atoms with Crippen LogP contribution in [0.2, 0.25) is 5.02 Å². The molecule has 110 valence electrons. The number of aromatic nitrogens is 2. The van der Waals surface area contributed by atoms with Crippen LogP contribution in [0.1, 0.15) is 51.9 Å². The van der Waals surface area contributed by atoms with Crippen molar-refractivity contribution in [1.29, 1.82) is 0 Å². The Morgan fingerprint density at radius 2 is 2.00 bits per heavy atom. The molecule has 1 aromatic heterocycles.